The van der Waals surface area contributed by atoms with Crippen molar-refractivity contribution in [1.82, 2.24) is 19.8 Å². The number of amides is 1. The molecule has 1 atom stereocenters. The van der Waals surface area contributed by atoms with Crippen molar-refractivity contribution in [3.05, 3.63) is 22.7 Å². The molecule has 10 heteroatoms. The molecule has 2 aliphatic heterocycles. The lowest BCUT2D eigenvalue weighted by Gasteiger charge is -2.34. The van der Waals surface area contributed by atoms with Gasteiger partial charge in [0.05, 0.1) is 16.1 Å². The number of carbonyl (C=O) groups is 1. The zero-order valence-electron chi connectivity index (χ0n) is 16.7. The van der Waals surface area contributed by atoms with Crippen LogP contribution in [0, 0.1) is 11.3 Å². The van der Waals surface area contributed by atoms with Gasteiger partial charge in [-0.3, -0.25) is 0 Å². The molecule has 2 aromatic rings. The number of nitriles is 1. The number of aromatic nitrogens is 2. The minimum absolute atomic E-state index is 0.263. The second kappa shape index (κ2) is 8.50. The lowest BCUT2D eigenvalue weighted by molar-refractivity contribution is 0.142. The number of benzene rings is 1. The molecule has 4 rings (SSSR count). The number of likely N-dealkylation sites (N-methyl/N-ethyl adjacent to an activating group) is 1. The van der Waals surface area contributed by atoms with E-state index in [4.69, 9.17) is 16.3 Å². The average Bonchev–Trinajstić information content (AvgIpc) is 3.16. The first-order valence-electron chi connectivity index (χ1n) is 9.93. The van der Waals surface area contributed by atoms with Crippen LogP contribution in [0.4, 0.5) is 10.6 Å². The van der Waals surface area contributed by atoms with Crippen molar-refractivity contribution in [3.63, 3.8) is 0 Å². The molecule has 2 aliphatic rings. The summed E-state index contributed by atoms with van der Waals surface area (Å²) in [6.45, 7) is 3.29. The van der Waals surface area contributed by atoms with E-state index in [0.29, 0.717) is 66.1 Å². The highest BCUT2D eigenvalue weighted by Crippen LogP contribution is 2.31. The fourth-order valence-electron chi connectivity index (χ4n) is 3.97. The molecular weight excluding hydrogens is 408 g/mol. The highest BCUT2D eigenvalue weighted by atomic mass is 35.5. The van der Waals surface area contributed by atoms with Crippen LogP contribution in [0.2, 0.25) is 5.02 Å². The number of hydrogen-bond acceptors (Lipinski definition) is 7. The molecule has 9 nitrogen and oxygen atoms in total. The van der Waals surface area contributed by atoms with E-state index in [9.17, 15) is 15.2 Å². The molecule has 1 amide bonds. The second-order valence-corrected chi connectivity index (χ2v) is 8.04. The number of fused-ring (bicyclic) bond motifs is 1. The molecule has 1 N–H and O–H groups in total. The van der Waals surface area contributed by atoms with Gasteiger partial charge in [-0.15, -0.1) is 0 Å². The number of carboxylic acid groups (broad SMARTS) is 1. The fraction of sp³-hybridized carbons (Fsp3) is 0.500. The maximum Gasteiger partial charge on any atom is 0.407 e. The highest BCUT2D eigenvalue weighted by molar-refractivity contribution is 6.32. The Bertz CT molecular complexity index is 1000. The predicted molar refractivity (Wildman–Crippen MR) is 112 cm³/mol. The van der Waals surface area contributed by atoms with Crippen LogP contribution in [0.15, 0.2) is 12.1 Å². The monoisotopic (exact) mass is 430 g/mol. The number of halogens is 1. The Hall–Kier alpha value is -2.83. The lowest BCUT2D eigenvalue weighted by atomic mass is 10.1. The first-order valence-corrected chi connectivity index (χ1v) is 10.3. The van der Waals surface area contributed by atoms with Crippen LogP contribution in [-0.4, -0.2) is 83.4 Å². The number of anilines is 1. The number of ether oxygens (including phenoxy) is 1. The Labute approximate surface area is 179 Å². The molecule has 0 radical (unpaired) electrons. The van der Waals surface area contributed by atoms with E-state index in [1.165, 1.54) is 4.90 Å². The summed E-state index contributed by atoms with van der Waals surface area (Å²) >= 11 is 6.23. The van der Waals surface area contributed by atoms with Crippen LogP contribution in [0.3, 0.4) is 0 Å². The smallest absolute Gasteiger partial charge is 0.407 e. The molecule has 0 saturated carbocycles. The van der Waals surface area contributed by atoms with Gasteiger partial charge in [-0.1, -0.05) is 11.6 Å². The van der Waals surface area contributed by atoms with Crippen molar-refractivity contribution in [2.45, 2.75) is 18.9 Å². The Balaban J connectivity index is 1.66. The zero-order valence-corrected chi connectivity index (χ0v) is 17.5. The summed E-state index contributed by atoms with van der Waals surface area (Å²) in [7, 11) is 2.08. The number of likely N-dealkylation sites (tertiary alicyclic amines) is 1. The Morgan fingerprint density at radius 3 is 2.70 bits per heavy atom. The maximum atomic E-state index is 11.2. The highest BCUT2D eigenvalue weighted by Gasteiger charge is 2.25. The molecule has 2 fully saturated rings. The summed E-state index contributed by atoms with van der Waals surface area (Å²) in [5.74, 6) is 0.632. The topological polar surface area (TPSA) is 106 Å². The molecule has 0 bridgehead atoms. The van der Waals surface area contributed by atoms with E-state index in [-0.39, 0.29) is 6.01 Å². The minimum Gasteiger partial charge on any atom is -0.465 e. The van der Waals surface area contributed by atoms with Crippen LogP contribution >= 0.6 is 11.6 Å². The molecule has 1 aromatic carbocycles. The van der Waals surface area contributed by atoms with E-state index in [1.54, 1.807) is 12.1 Å². The molecule has 1 unspecified atom stereocenters. The van der Waals surface area contributed by atoms with E-state index < -0.39 is 6.09 Å². The third-order valence-electron chi connectivity index (χ3n) is 5.79. The molecule has 0 aliphatic carbocycles. The largest absolute Gasteiger partial charge is 0.465 e. The van der Waals surface area contributed by atoms with Crippen molar-refractivity contribution in [1.29, 1.82) is 5.26 Å². The third kappa shape index (κ3) is 4.06. The van der Waals surface area contributed by atoms with Crippen molar-refractivity contribution >= 4 is 34.4 Å². The van der Waals surface area contributed by atoms with Crippen LogP contribution < -0.4 is 9.64 Å². The number of rotatable bonds is 4. The molecular formula is C20H23ClN6O3. The van der Waals surface area contributed by atoms with Gasteiger partial charge < -0.3 is 24.5 Å². The van der Waals surface area contributed by atoms with Gasteiger partial charge in [0.1, 0.15) is 18.5 Å². The standard InChI is InChI=1S/C20H23ClN6O3/c1-25-4-2-3-14(25)12-30-19-23-17-10-16(21)13(11-22)9-15(17)18(24-19)26-5-7-27(8-6-26)20(28)29/h9-10,14H,2-8,12H2,1H3,(H,28,29). The van der Waals surface area contributed by atoms with Crippen LogP contribution in [0.1, 0.15) is 18.4 Å². The van der Waals surface area contributed by atoms with Crippen molar-refractivity contribution < 1.29 is 14.6 Å². The molecule has 158 valence electrons. The van der Waals surface area contributed by atoms with Gasteiger partial charge in [0, 0.05) is 37.6 Å². The first kappa shape index (κ1) is 20.4. The van der Waals surface area contributed by atoms with Gasteiger partial charge in [-0.2, -0.15) is 15.2 Å². The lowest BCUT2D eigenvalue weighted by Crippen LogP contribution is -2.48. The second-order valence-electron chi connectivity index (χ2n) is 7.64. The van der Waals surface area contributed by atoms with E-state index in [0.717, 1.165) is 19.4 Å². The molecule has 2 saturated heterocycles. The van der Waals surface area contributed by atoms with Crippen LogP contribution in [0.5, 0.6) is 6.01 Å². The minimum atomic E-state index is -0.926. The maximum absolute atomic E-state index is 11.2. The van der Waals surface area contributed by atoms with E-state index in [2.05, 4.69) is 28.0 Å². The normalized spacial score (nSPS) is 19.8. The predicted octanol–water partition coefficient (Wildman–Crippen LogP) is 2.43. The van der Waals surface area contributed by atoms with Crippen molar-refractivity contribution in [2.24, 2.45) is 0 Å². The van der Waals surface area contributed by atoms with Crippen LogP contribution in [0.25, 0.3) is 10.9 Å². The fourth-order valence-corrected chi connectivity index (χ4v) is 4.17. The van der Waals surface area contributed by atoms with Gasteiger partial charge >= 0.3 is 12.1 Å². The van der Waals surface area contributed by atoms with E-state index in [1.807, 2.05) is 4.90 Å². The summed E-state index contributed by atoms with van der Waals surface area (Å²) < 4.78 is 5.95. The van der Waals surface area contributed by atoms with Crippen molar-refractivity contribution in [2.75, 3.05) is 51.3 Å². The van der Waals surface area contributed by atoms with Gasteiger partial charge in [-0.05, 0) is 38.6 Å². The SMILES string of the molecule is CN1CCCC1COc1nc(N2CCN(C(=O)O)CC2)c2cc(C#N)c(Cl)cc2n1. The zero-order chi connectivity index (χ0) is 21.3. The summed E-state index contributed by atoms with van der Waals surface area (Å²) in [6, 6.07) is 6.03. The van der Waals surface area contributed by atoms with Crippen molar-refractivity contribution in [3.8, 4) is 12.1 Å². The summed E-state index contributed by atoms with van der Waals surface area (Å²) in [5, 5.41) is 19.6. The molecule has 1 aromatic heterocycles. The first-order chi connectivity index (χ1) is 14.5. The number of nitrogens with zero attached hydrogens (tertiary/aromatic N) is 6. The van der Waals surface area contributed by atoms with E-state index >= 15 is 0 Å². The molecule has 3 heterocycles. The van der Waals surface area contributed by atoms with Crippen LogP contribution in [-0.2, 0) is 0 Å². The van der Waals surface area contributed by atoms with Gasteiger partial charge in [0.25, 0.3) is 0 Å². The number of piperazine rings is 1. The Morgan fingerprint density at radius 1 is 1.30 bits per heavy atom. The Morgan fingerprint density at radius 2 is 2.07 bits per heavy atom. The third-order valence-corrected chi connectivity index (χ3v) is 6.10. The average molecular weight is 431 g/mol. The summed E-state index contributed by atoms with van der Waals surface area (Å²) in [6.07, 6.45) is 1.30. The Kier molecular flexibility index (Phi) is 5.79. The van der Waals surface area contributed by atoms with Gasteiger partial charge in [-0.25, -0.2) is 4.79 Å². The summed E-state index contributed by atoms with van der Waals surface area (Å²) in [4.78, 5) is 26.0. The molecule has 30 heavy (non-hydrogen) atoms. The van der Waals surface area contributed by atoms with Gasteiger partial charge in [0.2, 0.25) is 0 Å². The quantitative estimate of drug-likeness (QED) is 0.788. The number of hydrogen-bond donors (Lipinski definition) is 1. The summed E-state index contributed by atoms with van der Waals surface area (Å²) in [5.41, 5.74) is 0.943. The molecule has 0 spiro atoms. The van der Waals surface area contributed by atoms with Gasteiger partial charge in [0.15, 0.2) is 0 Å².